The fraction of sp³-hybridized carbons (Fsp3) is 0.273. The lowest BCUT2D eigenvalue weighted by Crippen LogP contribution is -2.02. The summed E-state index contributed by atoms with van der Waals surface area (Å²) in [5.74, 6) is 1.62. The normalized spacial score (nSPS) is 10.4. The summed E-state index contributed by atoms with van der Waals surface area (Å²) in [4.78, 5) is 8.84. The highest BCUT2D eigenvalue weighted by atomic mass is 79.9. The molecule has 0 saturated carbocycles. The molecule has 0 atom stereocenters. The van der Waals surface area contributed by atoms with E-state index >= 15 is 0 Å². The maximum atomic E-state index is 4.50. The minimum Gasteiger partial charge on any atom is -0.369 e. The van der Waals surface area contributed by atoms with Crippen molar-refractivity contribution in [1.82, 2.24) is 9.97 Å². The molecule has 2 aromatic rings. The third-order valence-corrected chi connectivity index (χ3v) is 3.63. The number of aryl methyl sites for hydroxylation is 1. The summed E-state index contributed by atoms with van der Waals surface area (Å²) < 4.78 is 0.894. The van der Waals surface area contributed by atoms with E-state index in [9.17, 15) is 0 Å². The van der Waals surface area contributed by atoms with Crippen LogP contribution in [-0.4, -0.2) is 16.5 Å². The van der Waals surface area contributed by atoms with E-state index in [0.717, 1.165) is 28.2 Å². The minimum atomic E-state index is 0.776. The van der Waals surface area contributed by atoms with Crippen molar-refractivity contribution in [3.63, 3.8) is 0 Å². The molecule has 2 aromatic heterocycles. The van der Waals surface area contributed by atoms with Crippen LogP contribution in [0.25, 0.3) is 11.4 Å². The van der Waals surface area contributed by atoms with Gasteiger partial charge in [0.15, 0.2) is 5.82 Å². The molecule has 2 heterocycles. The van der Waals surface area contributed by atoms with Crippen LogP contribution in [0.1, 0.15) is 12.5 Å². The first kappa shape index (κ1) is 11.5. The van der Waals surface area contributed by atoms with E-state index in [2.05, 4.69) is 48.9 Å². The summed E-state index contributed by atoms with van der Waals surface area (Å²) >= 11 is 5.10. The van der Waals surface area contributed by atoms with Gasteiger partial charge in [-0.25, -0.2) is 9.97 Å². The number of rotatable bonds is 3. The van der Waals surface area contributed by atoms with Gasteiger partial charge in [0.25, 0.3) is 0 Å². The number of halogens is 1. The van der Waals surface area contributed by atoms with Gasteiger partial charge < -0.3 is 5.32 Å². The van der Waals surface area contributed by atoms with Crippen molar-refractivity contribution >= 4 is 33.1 Å². The summed E-state index contributed by atoms with van der Waals surface area (Å²) in [7, 11) is 0. The van der Waals surface area contributed by atoms with Gasteiger partial charge in [-0.05, 0) is 40.7 Å². The average Bonchev–Trinajstić information content (AvgIpc) is 2.68. The number of hydrogen-bond donors (Lipinski definition) is 1. The Hall–Kier alpha value is -0.940. The topological polar surface area (TPSA) is 37.8 Å². The minimum absolute atomic E-state index is 0.776. The van der Waals surface area contributed by atoms with E-state index in [1.807, 2.05) is 6.92 Å². The van der Waals surface area contributed by atoms with E-state index in [4.69, 9.17) is 0 Å². The predicted octanol–water partition coefficient (Wildman–Crippen LogP) is 3.71. The van der Waals surface area contributed by atoms with Crippen molar-refractivity contribution in [1.29, 1.82) is 0 Å². The van der Waals surface area contributed by atoms with Crippen LogP contribution in [0.2, 0.25) is 0 Å². The van der Waals surface area contributed by atoms with Crippen LogP contribution < -0.4 is 5.32 Å². The molecule has 16 heavy (non-hydrogen) atoms. The van der Waals surface area contributed by atoms with Gasteiger partial charge in [0, 0.05) is 23.7 Å². The lowest BCUT2D eigenvalue weighted by atomic mass is 10.2. The number of nitrogens with one attached hydrogen (secondary N) is 1. The Balaban J connectivity index is 2.43. The Morgan fingerprint density at radius 1 is 1.44 bits per heavy atom. The molecule has 0 aliphatic heterocycles. The molecule has 2 rings (SSSR count). The van der Waals surface area contributed by atoms with Crippen LogP contribution in [0.15, 0.2) is 21.4 Å². The van der Waals surface area contributed by atoms with E-state index in [1.165, 1.54) is 5.56 Å². The molecule has 0 aliphatic carbocycles. The molecule has 84 valence electrons. The molecule has 0 spiro atoms. The zero-order chi connectivity index (χ0) is 11.5. The Bertz CT molecular complexity index is 496. The van der Waals surface area contributed by atoms with Gasteiger partial charge in [-0.1, -0.05) is 0 Å². The summed E-state index contributed by atoms with van der Waals surface area (Å²) in [6.45, 7) is 4.96. The molecule has 0 fully saturated rings. The monoisotopic (exact) mass is 297 g/mol. The van der Waals surface area contributed by atoms with Crippen LogP contribution in [0.5, 0.6) is 0 Å². The number of aromatic nitrogens is 2. The Morgan fingerprint density at radius 3 is 2.88 bits per heavy atom. The van der Waals surface area contributed by atoms with Crippen LogP contribution in [0.3, 0.4) is 0 Å². The largest absolute Gasteiger partial charge is 0.369 e. The third kappa shape index (κ3) is 2.25. The third-order valence-electron chi connectivity index (χ3n) is 2.18. The van der Waals surface area contributed by atoms with Gasteiger partial charge >= 0.3 is 0 Å². The van der Waals surface area contributed by atoms with Crippen molar-refractivity contribution in [2.24, 2.45) is 0 Å². The van der Waals surface area contributed by atoms with Crippen LogP contribution in [0, 0.1) is 6.92 Å². The van der Waals surface area contributed by atoms with Gasteiger partial charge in [-0.15, -0.1) is 0 Å². The summed E-state index contributed by atoms with van der Waals surface area (Å²) in [5, 5.41) is 7.39. The SMILES string of the molecule is CCNc1nc(-c2cscc2C)ncc1Br. The molecule has 0 aliphatic rings. The molecular weight excluding hydrogens is 286 g/mol. The zero-order valence-electron chi connectivity index (χ0n) is 9.12. The lowest BCUT2D eigenvalue weighted by molar-refractivity contribution is 1.10. The van der Waals surface area contributed by atoms with Crippen LogP contribution in [-0.2, 0) is 0 Å². The fourth-order valence-electron chi connectivity index (χ4n) is 1.38. The zero-order valence-corrected chi connectivity index (χ0v) is 11.5. The fourth-order valence-corrected chi connectivity index (χ4v) is 2.54. The second kappa shape index (κ2) is 4.93. The summed E-state index contributed by atoms with van der Waals surface area (Å²) in [6, 6.07) is 0. The van der Waals surface area contributed by atoms with Gasteiger partial charge in [-0.2, -0.15) is 11.3 Å². The van der Waals surface area contributed by atoms with Crippen molar-refractivity contribution in [2.75, 3.05) is 11.9 Å². The molecule has 0 saturated heterocycles. The van der Waals surface area contributed by atoms with Crippen LogP contribution in [0.4, 0.5) is 5.82 Å². The maximum absolute atomic E-state index is 4.50. The number of nitrogens with zero attached hydrogens (tertiary/aromatic N) is 2. The quantitative estimate of drug-likeness (QED) is 0.938. The van der Waals surface area contributed by atoms with Crippen molar-refractivity contribution in [3.05, 3.63) is 27.0 Å². The van der Waals surface area contributed by atoms with Crippen LogP contribution >= 0.6 is 27.3 Å². The highest BCUT2D eigenvalue weighted by Crippen LogP contribution is 2.27. The van der Waals surface area contributed by atoms with E-state index in [-0.39, 0.29) is 0 Å². The van der Waals surface area contributed by atoms with Crippen molar-refractivity contribution < 1.29 is 0 Å². The number of hydrogen-bond acceptors (Lipinski definition) is 4. The molecule has 0 unspecified atom stereocenters. The van der Waals surface area contributed by atoms with Gasteiger partial charge in [-0.3, -0.25) is 0 Å². The molecule has 1 N–H and O–H groups in total. The molecule has 5 heteroatoms. The average molecular weight is 298 g/mol. The standard InChI is InChI=1S/C11H12BrN3S/c1-3-13-11-9(12)4-14-10(15-11)8-6-16-5-7(8)2/h4-6H,3H2,1-2H3,(H,13,14,15). The molecule has 3 nitrogen and oxygen atoms in total. The number of anilines is 1. The molecule has 0 radical (unpaired) electrons. The van der Waals surface area contributed by atoms with E-state index < -0.39 is 0 Å². The molecular formula is C11H12BrN3S. The van der Waals surface area contributed by atoms with Gasteiger partial charge in [0.2, 0.25) is 0 Å². The van der Waals surface area contributed by atoms with Crippen molar-refractivity contribution in [2.45, 2.75) is 13.8 Å². The molecule has 0 bridgehead atoms. The molecule has 0 amide bonds. The first-order chi connectivity index (χ1) is 7.72. The second-order valence-electron chi connectivity index (χ2n) is 3.39. The Morgan fingerprint density at radius 2 is 2.25 bits per heavy atom. The van der Waals surface area contributed by atoms with Crippen molar-refractivity contribution in [3.8, 4) is 11.4 Å². The highest BCUT2D eigenvalue weighted by molar-refractivity contribution is 9.10. The lowest BCUT2D eigenvalue weighted by Gasteiger charge is -2.06. The maximum Gasteiger partial charge on any atom is 0.162 e. The number of thiophene rings is 1. The van der Waals surface area contributed by atoms with E-state index in [1.54, 1.807) is 17.5 Å². The smallest absolute Gasteiger partial charge is 0.162 e. The van der Waals surface area contributed by atoms with Gasteiger partial charge in [0.05, 0.1) is 4.47 Å². The predicted molar refractivity (Wildman–Crippen MR) is 71.9 cm³/mol. The molecule has 0 aromatic carbocycles. The van der Waals surface area contributed by atoms with Gasteiger partial charge in [0.1, 0.15) is 5.82 Å². The first-order valence-corrected chi connectivity index (χ1v) is 6.75. The Kier molecular flexibility index (Phi) is 3.56. The summed E-state index contributed by atoms with van der Waals surface area (Å²) in [5.41, 5.74) is 2.33. The first-order valence-electron chi connectivity index (χ1n) is 5.02. The second-order valence-corrected chi connectivity index (χ2v) is 4.99. The van der Waals surface area contributed by atoms with E-state index in [0.29, 0.717) is 0 Å². The summed E-state index contributed by atoms with van der Waals surface area (Å²) in [6.07, 6.45) is 1.79. The highest BCUT2D eigenvalue weighted by Gasteiger charge is 2.08. The Labute approximate surface area is 107 Å².